The molecule has 17 heavy (non-hydrogen) atoms. The number of amides is 3. The lowest BCUT2D eigenvalue weighted by Crippen LogP contribution is -2.62. The van der Waals surface area contributed by atoms with Crippen LogP contribution in [0.3, 0.4) is 0 Å². The van der Waals surface area contributed by atoms with Gasteiger partial charge in [-0.2, -0.15) is 4.79 Å². The largest absolute Gasteiger partial charge is 0.525 e. The minimum absolute atomic E-state index is 0.0951. The van der Waals surface area contributed by atoms with E-state index in [-0.39, 0.29) is 16.6 Å². The molecule has 0 aliphatic carbocycles. The van der Waals surface area contributed by atoms with Crippen LogP contribution in [0.2, 0.25) is 0 Å². The Morgan fingerprint density at radius 1 is 1.41 bits per heavy atom. The summed E-state index contributed by atoms with van der Waals surface area (Å²) in [6.07, 6.45) is 1.58. The summed E-state index contributed by atoms with van der Waals surface area (Å²) in [6.45, 7) is 3.33. The zero-order chi connectivity index (χ0) is 12.5. The van der Waals surface area contributed by atoms with E-state index >= 15 is 0 Å². The Hall–Kier alpha value is -1.14. The molecule has 3 atom stereocenters. The quantitative estimate of drug-likeness (QED) is 0.696. The number of rotatable bonds is 1. The van der Waals surface area contributed by atoms with Crippen molar-refractivity contribution in [3.63, 3.8) is 0 Å². The zero-order valence-corrected chi connectivity index (χ0v) is 10.1. The summed E-state index contributed by atoms with van der Waals surface area (Å²) in [7, 11) is 0. The van der Waals surface area contributed by atoms with Crippen molar-refractivity contribution in [2.45, 2.75) is 38.3 Å². The Bertz CT molecular complexity index is 327. The average molecular weight is 243 g/mol. The van der Waals surface area contributed by atoms with Gasteiger partial charge in [0.15, 0.2) is 0 Å². The van der Waals surface area contributed by atoms with Crippen molar-refractivity contribution in [1.29, 1.82) is 0 Å². The van der Waals surface area contributed by atoms with Crippen LogP contribution in [0, 0.1) is 0 Å². The summed E-state index contributed by atoms with van der Waals surface area (Å²) < 4.78 is 10.1. The van der Waals surface area contributed by atoms with Crippen LogP contribution in [0.4, 0.5) is 9.59 Å². The minimum atomic E-state index is -0.612. The predicted molar refractivity (Wildman–Crippen MR) is 59.1 cm³/mol. The second-order valence-corrected chi connectivity index (χ2v) is 4.79. The van der Waals surface area contributed by atoms with Crippen LogP contribution in [0.25, 0.3) is 0 Å². The molecule has 2 fully saturated rings. The minimum Gasteiger partial charge on any atom is -0.414 e. The fraction of sp³-hybridized carbons (Fsp3) is 0.818. The van der Waals surface area contributed by atoms with Gasteiger partial charge in [-0.25, -0.2) is 4.79 Å². The number of nitrogens with two attached hydrogens (primary N) is 1. The van der Waals surface area contributed by atoms with Gasteiger partial charge in [0.05, 0.1) is 19.8 Å². The van der Waals surface area contributed by atoms with Crippen LogP contribution >= 0.6 is 0 Å². The summed E-state index contributed by atoms with van der Waals surface area (Å²) in [6, 6.07) is -0.707. The topological polar surface area (TPSA) is 78.6 Å². The first kappa shape index (κ1) is 12.3. The highest BCUT2D eigenvalue weighted by Crippen LogP contribution is 2.29. The van der Waals surface area contributed by atoms with E-state index in [1.807, 2.05) is 6.92 Å². The molecule has 2 aliphatic heterocycles. The number of hydrogen-bond donors (Lipinski definition) is 1. The summed E-state index contributed by atoms with van der Waals surface area (Å²) >= 11 is 0. The van der Waals surface area contributed by atoms with E-state index in [0.29, 0.717) is 26.2 Å². The van der Waals surface area contributed by atoms with Crippen molar-refractivity contribution in [3.8, 4) is 0 Å². The average Bonchev–Trinajstić information content (AvgIpc) is 2.87. The van der Waals surface area contributed by atoms with Crippen LogP contribution in [0.5, 0.6) is 0 Å². The van der Waals surface area contributed by atoms with E-state index in [1.54, 1.807) is 0 Å². The summed E-state index contributed by atoms with van der Waals surface area (Å²) in [5.41, 5.74) is 5.40. The molecule has 2 rings (SSSR count). The molecule has 3 amide bonds. The van der Waals surface area contributed by atoms with Gasteiger partial charge in [0, 0.05) is 19.3 Å². The van der Waals surface area contributed by atoms with E-state index < -0.39 is 12.1 Å². The Balaban J connectivity index is 2.10. The molecule has 2 heterocycles. The Morgan fingerprint density at radius 3 is 2.65 bits per heavy atom. The molecule has 96 valence electrons. The van der Waals surface area contributed by atoms with E-state index in [9.17, 15) is 9.59 Å². The molecule has 0 radical (unpaired) electrons. The fourth-order valence-corrected chi connectivity index (χ4v) is 2.61. The lowest BCUT2D eigenvalue weighted by atomic mass is 10.2. The molecule has 0 bridgehead atoms. The second-order valence-electron chi connectivity index (χ2n) is 4.79. The van der Waals surface area contributed by atoms with Crippen molar-refractivity contribution >= 4 is 12.1 Å². The number of carbonyl (C=O) groups is 2. The molecule has 0 saturated carbocycles. The first-order chi connectivity index (χ1) is 8.07. The SMILES string of the molecule is C[C@@H]1CCC[N+]1(C(N)=O)C(=O)O[C@H]1CCOC1. The first-order valence-electron chi connectivity index (χ1n) is 6.04. The number of imide groups is 1. The third-order valence-electron chi connectivity index (χ3n) is 3.76. The number of primary amides is 1. The normalized spacial score (nSPS) is 37.0. The number of likely N-dealkylation sites (tertiary alicyclic amines) is 1. The van der Waals surface area contributed by atoms with Crippen molar-refractivity contribution < 1.29 is 23.5 Å². The first-order valence-corrected chi connectivity index (χ1v) is 6.04. The summed E-state index contributed by atoms with van der Waals surface area (Å²) in [5, 5.41) is 0. The lowest BCUT2D eigenvalue weighted by molar-refractivity contribution is -0.787. The molecule has 2 N–H and O–H groups in total. The molecule has 1 unspecified atom stereocenters. The van der Waals surface area contributed by atoms with Crippen molar-refractivity contribution in [1.82, 2.24) is 0 Å². The molecular formula is C11H19N2O4+. The molecule has 0 aromatic heterocycles. The number of carbonyl (C=O) groups excluding carboxylic acids is 2. The van der Waals surface area contributed by atoms with Gasteiger partial charge in [-0.3, -0.25) is 0 Å². The molecule has 2 saturated heterocycles. The molecule has 0 aromatic rings. The van der Waals surface area contributed by atoms with Gasteiger partial charge in [0.2, 0.25) is 0 Å². The highest BCUT2D eigenvalue weighted by atomic mass is 16.6. The maximum Gasteiger partial charge on any atom is 0.525 e. The zero-order valence-electron chi connectivity index (χ0n) is 10.1. The third kappa shape index (κ3) is 2.02. The maximum absolute atomic E-state index is 12.2. The Kier molecular flexibility index (Phi) is 3.35. The smallest absolute Gasteiger partial charge is 0.414 e. The van der Waals surface area contributed by atoms with Gasteiger partial charge in [0.25, 0.3) is 0 Å². The standard InChI is InChI=1S/C11H18N2O4/c1-8-3-2-5-13(8,10(12)14)11(15)17-9-4-6-16-7-9/h8-9H,2-7H2,1H3,(H-,12,14)/p+1/t8-,9+,13?/m1/s1. The fourth-order valence-electron chi connectivity index (χ4n) is 2.61. The molecule has 6 nitrogen and oxygen atoms in total. The molecule has 2 aliphatic rings. The van der Waals surface area contributed by atoms with Crippen LogP contribution in [0.1, 0.15) is 26.2 Å². The molecule has 6 heteroatoms. The van der Waals surface area contributed by atoms with Crippen LogP contribution in [-0.4, -0.2) is 48.5 Å². The highest BCUT2D eigenvalue weighted by molar-refractivity contribution is 5.79. The monoisotopic (exact) mass is 243 g/mol. The lowest BCUT2D eigenvalue weighted by Gasteiger charge is -2.30. The van der Waals surface area contributed by atoms with Gasteiger partial charge >= 0.3 is 12.1 Å². The summed E-state index contributed by atoms with van der Waals surface area (Å²) in [5.74, 6) is 0. The molecular weight excluding hydrogens is 224 g/mol. The molecule has 0 aromatic carbocycles. The Labute approximate surface area is 100 Å². The van der Waals surface area contributed by atoms with Gasteiger partial charge in [-0.1, -0.05) is 0 Å². The number of nitrogens with zero attached hydrogens (tertiary/aromatic N) is 1. The van der Waals surface area contributed by atoms with Gasteiger partial charge in [-0.15, -0.1) is 4.48 Å². The van der Waals surface area contributed by atoms with Gasteiger partial charge < -0.3 is 15.2 Å². The predicted octanol–water partition coefficient (Wildman–Crippen LogP) is 0.990. The summed E-state index contributed by atoms with van der Waals surface area (Å²) in [4.78, 5) is 23.8. The van der Waals surface area contributed by atoms with Crippen molar-refractivity contribution in [2.24, 2.45) is 5.73 Å². The van der Waals surface area contributed by atoms with Gasteiger partial charge in [0.1, 0.15) is 12.1 Å². The molecule has 0 spiro atoms. The highest BCUT2D eigenvalue weighted by Gasteiger charge is 2.53. The number of ether oxygens (including phenoxy) is 2. The number of hydrogen-bond acceptors (Lipinski definition) is 4. The second kappa shape index (κ2) is 4.62. The van der Waals surface area contributed by atoms with Crippen LogP contribution in [0.15, 0.2) is 0 Å². The Morgan fingerprint density at radius 2 is 2.18 bits per heavy atom. The number of urea groups is 1. The van der Waals surface area contributed by atoms with Gasteiger partial charge in [-0.05, 0) is 6.92 Å². The van der Waals surface area contributed by atoms with E-state index in [4.69, 9.17) is 15.2 Å². The third-order valence-corrected chi connectivity index (χ3v) is 3.76. The van der Waals surface area contributed by atoms with E-state index in [1.165, 1.54) is 0 Å². The van der Waals surface area contributed by atoms with Crippen LogP contribution in [-0.2, 0) is 9.47 Å². The van der Waals surface area contributed by atoms with E-state index in [0.717, 1.165) is 12.8 Å². The van der Waals surface area contributed by atoms with E-state index in [2.05, 4.69) is 0 Å². The number of quaternary nitrogens is 1. The van der Waals surface area contributed by atoms with Crippen molar-refractivity contribution in [2.75, 3.05) is 19.8 Å². The van der Waals surface area contributed by atoms with Crippen molar-refractivity contribution in [3.05, 3.63) is 0 Å². The van der Waals surface area contributed by atoms with Crippen LogP contribution < -0.4 is 5.73 Å². The maximum atomic E-state index is 12.2.